The monoisotopic (exact) mass is 431 g/mol. The molecule has 1 saturated heterocycles. The third-order valence-electron chi connectivity index (χ3n) is 4.86. The fourth-order valence-electron chi connectivity index (χ4n) is 3.21. The number of amides is 2. The predicted octanol–water partition coefficient (Wildman–Crippen LogP) is 1.58. The molecule has 0 bridgehead atoms. The fraction of sp³-hybridized carbons (Fsp3) is 0.333. The van der Waals surface area contributed by atoms with Crippen LogP contribution in [0.4, 0.5) is 5.69 Å². The Morgan fingerprint density at radius 2 is 1.67 bits per heavy atom. The van der Waals surface area contributed by atoms with Gasteiger partial charge in [-0.2, -0.15) is 0 Å². The summed E-state index contributed by atoms with van der Waals surface area (Å²) in [6.45, 7) is 3.64. The summed E-state index contributed by atoms with van der Waals surface area (Å²) in [6, 6.07) is 14.7. The first-order valence-corrected chi connectivity index (χ1v) is 11.2. The number of benzene rings is 2. The molecular formula is C21H25N3O5S. The lowest BCUT2D eigenvalue weighted by atomic mass is 10.3. The summed E-state index contributed by atoms with van der Waals surface area (Å²) < 4.78 is 33.3. The zero-order chi connectivity index (χ0) is 21.6. The van der Waals surface area contributed by atoms with Crippen molar-refractivity contribution in [2.24, 2.45) is 0 Å². The van der Waals surface area contributed by atoms with Gasteiger partial charge in [-0.25, -0.2) is 8.42 Å². The molecule has 8 nitrogen and oxygen atoms in total. The van der Waals surface area contributed by atoms with Gasteiger partial charge in [-0.05, 0) is 43.3 Å². The van der Waals surface area contributed by atoms with Gasteiger partial charge in [0.2, 0.25) is 12.3 Å². The van der Waals surface area contributed by atoms with E-state index in [0.717, 1.165) is 10.7 Å². The van der Waals surface area contributed by atoms with Crippen molar-refractivity contribution >= 4 is 28.0 Å². The minimum Gasteiger partial charge on any atom is -0.494 e. The summed E-state index contributed by atoms with van der Waals surface area (Å²) in [5.41, 5.74) is 0.409. The second-order valence-electron chi connectivity index (χ2n) is 6.77. The number of rotatable bonds is 8. The average molecular weight is 432 g/mol. The maximum Gasteiger partial charge on any atom is 0.264 e. The number of carbonyl (C=O) groups is 2. The molecule has 2 aromatic carbocycles. The van der Waals surface area contributed by atoms with E-state index in [9.17, 15) is 18.0 Å². The Labute approximate surface area is 176 Å². The van der Waals surface area contributed by atoms with Crippen LogP contribution in [0, 0.1) is 0 Å². The molecule has 3 rings (SSSR count). The van der Waals surface area contributed by atoms with Gasteiger partial charge in [0.1, 0.15) is 12.3 Å². The molecule has 1 aliphatic heterocycles. The van der Waals surface area contributed by atoms with Crippen molar-refractivity contribution in [2.45, 2.75) is 11.8 Å². The molecule has 2 aromatic rings. The highest BCUT2D eigenvalue weighted by atomic mass is 32.2. The number of sulfonamides is 1. The van der Waals surface area contributed by atoms with E-state index in [1.54, 1.807) is 52.3 Å². The second kappa shape index (κ2) is 9.62. The molecule has 0 N–H and O–H groups in total. The van der Waals surface area contributed by atoms with Gasteiger partial charge < -0.3 is 14.5 Å². The molecule has 1 fully saturated rings. The van der Waals surface area contributed by atoms with Gasteiger partial charge >= 0.3 is 0 Å². The van der Waals surface area contributed by atoms with Gasteiger partial charge in [-0.3, -0.25) is 13.9 Å². The largest absolute Gasteiger partial charge is 0.494 e. The lowest BCUT2D eigenvalue weighted by Crippen LogP contribution is -2.51. The number of carbonyl (C=O) groups excluding carboxylic acids is 2. The first kappa shape index (κ1) is 21.6. The zero-order valence-corrected chi connectivity index (χ0v) is 17.6. The van der Waals surface area contributed by atoms with Gasteiger partial charge in [-0.1, -0.05) is 18.2 Å². The number of piperazine rings is 1. The van der Waals surface area contributed by atoms with Gasteiger partial charge in [0.05, 0.1) is 17.2 Å². The van der Waals surface area contributed by atoms with Crippen molar-refractivity contribution in [1.82, 2.24) is 9.80 Å². The van der Waals surface area contributed by atoms with Crippen LogP contribution in [0.15, 0.2) is 59.5 Å². The summed E-state index contributed by atoms with van der Waals surface area (Å²) in [5, 5.41) is 0. The minimum absolute atomic E-state index is 0.0772. The lowest BCUT2D eigenvalue weighted by molar-refractivity contribution is -0.133. The molecule has 0 radical (unpaired) electrons. The van der Waals surface area contributed by atoms with Gasteiger partial charge in [0.15, 0.2) is 0 Å². The maximum atomic E-state index is 13.4. The first-order valence-electron chi connectivity index (χ1n) is 9.73. The van der Waals surface area contributed by atoms with Crippen LogP contribution in [0.5, 0.6) is 5.75 Å². The van der Waals surface area contributed by atoms with Crippen LogP contribution in [0.2, 0.25) is 0 Å². The number of ether oxygens (including phenoxy) is 1. The molecule has 160 valence electrons. The van der Waals surface area contributed by atoms with Gasteiger partial charge in [0, 0.05) is 26.2 Å². The SMILES string of the molecule is CCOc1ccc(S(=O)(=O)N(CC(=O)N2CCN(C=O)CC2)c2ccccc2)cc1. The van der Waals surface area contributed by atoms with E-state index >= 15 is 0 Å². The van der Waals surface area contributed by atoms with E-state index in [1.807, 2.05) is 6.92 Å². The first-order chi connectivity index (χ1) is 14.5. The second-order valence-corrected chi connectivity index (χ2v) is 8.64. The number of nitrogens with zero attached hydrogens (tertiary/aromatic N) is 3. The Hall–Kier alpha value is -3.07. The fourth-order valence-corrected chi connectivity index (χ4v) is 4.62. The molecule has 2 amide bonds. The summed E-state index contributed by atoms with van der Waals surface area (Å²) in [7, 11) is -3.97. The van der Waals surface area contributed by atoms with Crippen molar-refractivity contribution in [3.63, 3.8) is 0 Å². The van der Waals surface area contributed by atoms with Crippen molar-refractivity contribution in [1.29, 1.82) is 0 Å². The molecule has 0 unspecified atom stereocenters. The number of anilines is 1. The van der Waals surface area contributed by atoms with Crippen molar-refractivity contribution in [3.05, 3.63) is 54.6 Å². The van der Waals surface area contributed by atoms with E-state index in [-0.39, 0.29) is 17.3 Å². The Morgan fingerprint density at radius 3 is 2.23 bits per heavy atom. The van der Waals surface area contributed by atoms with Crippen molar-refractivity contribution in [3.8, 4) is 5.75 Å². The molecule has 0 spiro atoms. The van der Waals surface area contributed by atoms with Crippen LogP contribution in [0.1, 0.15) is 6.92 Å². The molecule has 1 heterocycles. The highest BCUT2D eigenvalue weighted by molar-refractivity contribution is 7.92. The van der Waals surface area contributed by atoms with Crippen LogP contribution >= 0.6 is 0 Å². The Balaban J connectivity index is 1.85. The van der Waals surface area contributed by atoms with E-state index in [1.165, 1.54) is 12.1 Å². The topological polar surface area (TPSA) is 87.2 Å². The zero-order valence-electron chi connectivity index (χ0n) is 16.8. The third kappa shape index (κ3) is 4.91. The number of para-hydroxylation sites is 1. The maximum absolute atomic E-state index is 13.4. The van der Waals surface area contributed by atoms with E-state index in [2.05, 4.69) is 0 Å². The van der Waals surface area contributed by atoms with Crippen LogP contribution < -0.4 is 9.04 Å². The van der Waals surface area contributed by atoms with Gasteiger partial charge in [-0.15, -0.1) is 0 Å². The van der Waals surface area contributed by atoms with Crippen LogP contribution in [0.25, 0.3) is 0 Å². The molecule has 0 aliphatic carbocycles. The summed E-state index contributed by atoms with van der Waals surface area (Å²) >= 11 is 0. The van der Waals surface area contributed by atoms with Gasteiger partial charge in [0.25, 0.3) is 10.0 Å². The summed E-state index contributed by atoms with van der Waals surface area (Å²) in [6.07, 6.45) is 0.758. The van der Waals surface area contributed by atoms with E-state index in [0.29, 0.717) is 44.2 Å². The Morgan fingerprint density at radius 1 is 1.03 bits per heavy atom. The smallest absolute Gasteiger partial charge is 0.264 e. The van der Waals surface area contributed by atoms with Crippen LogP contribution in [0.3, 0.4) is 0 Å². The molecule has 0 aromatic heterocycles. The number of hydrogen-bond donors (Lipinski definition) is 0. The normalized spacial score (nSPS) is 14.3. The standard InChI is InChI=1S/C21H25N3O5S/c1-2-29-19-8-10-20(11-9-19)30(27,28)24(18-6-4-3-5-7-18)16-21(26)23-14-12-22(17-25)13-15-23/h3-11,17H,2,12-16H2,1H3. The molecule has 0 atom stereocenters. The summed E-state index contributed by atoms with van der Waals surface area (Å²) in [5.74, 6) is 0.269. The van der Waals surface area contributed by atoms with Crippen molar-refractivity contribution < 1.29 is 22.7 Å². The van der Waals surface area contributed by atoms with E-state index < -0.39 is 10.0 Å². The Bertz CT molecular complexity index is 956. The van der Waals surface area contributed by atoms with E-state index in [4.69, 9.17) is 4.74 Å². The highest BCUT2D eigenvalue weighted by Gasteiger charge is 2.30. The van der Waals surface area contributed by atoms with Crippen LogP contribution in [-0.4, -0.2) is 69.9 Å². The quantitative estimate of drug-likeness (QED) is 0.593. The molecule has 9 heteroatoms. The summed E-state index contributed by atoms with van der Waals surface area (Å²) in [4.78, 5) is 27.0. The predicted molar refractivity (Wildman–Crippen MR) is 113 cm³/mol. The molecule has 1 aliphatic rings. The third-order valence-corrected chi connectivity index (χ3v) is 6.65. The van der Waals surface area contributed by atoms with Crippen LogP contribution in [-0.2, 0) is 19.6 Å². The Kier molecular flexibility index (Phi) is 6.94. The average Bonchev–Trinajstić information content (AvgIpc) is 2.78. The molecular weight excluding hydrogens is 406 g/mol. The minimum atomic E-state index is -3.97. The molecule has 0 saturated carbocycles. The lowest BCUT2D eigenvalue weighted by Gasteiger charge is -2.34. The highest BCUT2D eigenvalue weighted by Crippen LogP contribution is 2.25. The number of hydrogen-bond acceptors (Lipinski definition) is 5. The van der Waals surface area contributed by atoms with Crippen molar-refractivity contribution in [2.75, 3.05) is 43.6 Å². The molecule has 30 heavy (non-hydrogen) atoms.